The topological polar surface area (TPSA) is 77.5 Å². The summed E-state index contributed by atoms with van der Waals surface area (Å²) in [4.78, 5) is 15.2. The van der Waals surface area contributed by atoms with Crippen LogP contribution in [0, 0.1) is 17.3 Å². The molecule has 1 N–H and O–H groups in total. The number of rotatable bonds is 3. The van der Waals surface area contributed by atoms with Gasteiger partial charge in [-0.1, -0.05) is 6.92 Å². The summed E-state index contributed by atoms with van der Waals surface area (Å²) in [6.45, 7) is 7.96. The van der Waals surface area contributed by atoms with Gasteiger partial charge in [0.2, 0.25) is 0 Å². The van der Waals surface area contributed by atoms with Gasteiger partial charge in [0, 0.05) is 50.9 Å². The van der Waals surface area contributed by atoms with Crippen molar-refractivity contribution in [1.29, 1.82) is 0 Å². The number of carbonyl (C=O) groups excluding carboxylic acids is 1. The van der Waals surface area contributed by atoms with Crippen LogP contribution in [-0.2, 0) is 23.7 Å². The smallest absolute Gasteiger partial charge is 0.310 e. The molecule has 0 bridgehead atoms. The first kappa shape index (κ1) is 21.1. The van der Waals surface area contributed by atoms with E-state index in [9.17, 15) is 9.90 Å². The Balaban J connectivity index is 1.32. The third-order valence-corrected chi connectivity index (χ3v) is 9.34. The van der Waals surface area contributed by atoms with Crippen LogP contribution in [-0.4, -0.2) is 79.0 Å². The summed E-state index contributed by atoms with van der Waals surface area (Å²) in [5, 5.41) is 12.0. The number of piperidine rings is 1. The molecule has 3 aliphatic heterocycles. The molecule has 2 saturated carbocycles. The van der Waals surface area contributed by atoms with Gasteiger partial charge < -0.3 is 29.0 Å². The quantitative estimate of drug-likeness (QED) is 0.697. The van der Waals surface area contributed by atoms with E-state index >= 15 is 0 Å². The van der Waals surface area contributed by atoms with Crippen LogP contribution in [0.3, 0.4) is 0 Å². The third-order valence-electron chi connectivity index (χ3n) is 9.34. The summed E-state index contributed by atoms with van der Waals surface area (Å²) < 4.78 is 23.5. The molecule has 0 amide bonds. The molecule has 170 valence electrons. The van der Waals surface area contributed by atoms with Gasteiger partial charge in [-0.2, -0.15) is 0 Å². The second-order valence-corrected chi connectivity index (χ2v) is 10.8. The minimum absolute atomic E-state index is 0.0398. The molecule has 0 aromatic carbocycles. The number of ether oxygens (including phenoxy) is 4. The van der Waals surface area contributed by atoms with Crippen molar-refractivity contribution < 1.29 is 28.8 Å². The standard InChI is InChI=1S/C23H37NO6/c1-20-5-4-6-21(2,27-3)23(20,26)13-16-17(19(25)30-18(16)14-20)15-24-9-7-22(8-10-24)28-11-12-29-22/h16-18,26H,4-15H2,1-3H3/t16-,17-,18-,20-,21-,23?/m1/s1. The van der Waals surface area contributed by atoms with Gasteiger partial charge in [-0.3, -0.25) is 4.79 Å². The maximum atomic E-state index is 12.9. The number of nitrogens with zero attached hydrogens (tertiary/aromatic N) is 1. The van der Waals surface area contributed by atoms with Gasteiger partial charge in [-0.25, -0.2) is 0 Å². The highest BCUT2D eigenvalue weighted by Gasteiger charge is 2.67. The fourth-order valence-corrected chi connectivity index (χ4v) is 7.23. The number of fused-ring (bicyclic) bond motifs is 2. The zero-order valence-electron chi connectivity index (χ0n) is 18.7. The number of hydrogen-bond donors (Lipinski definition) is 1. The van der Waals surface area contributed by atoms with Gasteiger partial charge in [0.15, 0.2) is 5.79 Å². The fraction of sp³-hybridized carbons (Fsp3) is 0.957. The predicted molar refractivity (Wildman–Crippen MR) is 109 cm³/mol. The van der Waals surface area contributed by atoms with E-state index in [2.05, 4.69) is 11.8 Å². The number of esters is 1. The Morgan fingerprint density at radius 2 is 1.80 bits per heavy atom. The average molecular weight is 424 g/mol. The van der Waals surface area contributed by atoms with E-state index in [-0.39, 0.29) is 29.3 Å². The molecular formula is C23H37NO6. The Labute approximate surface area is 179 Å². The minimum Gasteiger partial charge on any atom is -0.462 e. The summed E-state index contributed by atoms with van der Waals surface area (Å²) in [6, 6.07) is 0. The first-order valence-corrected chi connectivity index (χ1v) is 11.7. The van der Waals surface area contributed by atoms with E-state index in [0.717, 1.165) is 51.6 Å². The molecule has 6 atom stereocenters. The van der Waals surface area contributed by atoms with E-state index in [4.69, 9.17) is 18.9 Å². The van der Waals surface area contributed by atoms with E-state index in [1.165, 1.54) is 0 Å². The largest absolute Gasteiger partial charge is 0.462 e. The molecule has 0 radical (unpaired) electrons. The highest BCUT2D eigenvalue weighted by molar-refractivity contribution is 5.75. The Kier molecular flexibility index (Phi) is 5.03. The van der Waals surface area contributed by atoms with Crippen LogP contribution >= 0.6 is 0 Å². The van der Waals surface area contributed by atoms with Crippen molar-refractivity contribution in [3.63, 3.8) is 0 Å². The molecule has 30 heavy (non-hydrogen) atoms. The van der Waals surface area contributed by atoms with Crippen LogP contribution in [0.1, 0.15) is 58.8 Å². The summed E-state index contributed by atoms with van der Waals surface area (Å²) >= 11 is 0. The Morgan fingerprint density at radius 1 is 1.10 bits per heavy atom. The summed E-state index contributed by atoms with van der Waals surface area (Å²) in [6.07, 6.45) is 5.70. The molecule has 1 unspecified atom stereocenters. The highest BCUT2D eigenvalue weighted by Crippen LogP contribution is 2.61. The molecule has 2 aliphatic carbocycles. The van der Waals surface area contributed by atoms with Crippen molar-refractivity contribution in [1.82, 2.24) is 4.90 Å². The summed E-state index contributed by atoms with van der Waals surface area (Å²) in [7, 11) is 1.71. The number of methoxy groups -OCH3 is 1. The van der Waals surface area contributed by atoms with Crippen LogP contribution in [0.25, 0.3) is 0 Å². The lowest BCUT2D eigenvalue weighted by Gasteiger charge is -2.62. The van der Waals surface area contributed by atoms with Crippen LogP contribution < -0.4 is 0 Å². The third kappa shape index (κ3) is 2.99. The van der Waals surface area contributed by atoms with E-state index in [1.807, 2.05) is 6.92 Å². The van der Waals surface area contributed by atoms with Crippen molar-refractivity contribution in [2.75, 3.05) is 40.0 Å². The predicted octanol–water partition coefficient (Wildman–Crippen LogP) is 2.10. The first-order valence-electron chi connectivity index (χ1n) is 11.7. The monoisotopic (exact) mass is 423 g/mol. The van der Waals surface area contributed by atoms with E-state index < -0.39 is 17.0 Å². The zero-order chi connectivity index (χ0) is 21.2. The van der Waals surface area contributed by atoms with Gasteiger partial charge in [0.25, 0.3) is 0 Å². The molecule has 5 aliphatic rings. The summed E-state index contributed by atoms with van der Waals surface area (Å²) in [5.41, 5.74) is -1.82. The van der Waals surface area contributed by atoms with Gasteiger partial charge >= 0.3 is 5.97 Å². The van der Waals surface area contributed by atoms with Crippen molar-refractivity contribution in [2.45, 2.75) is 81.9 Å². The van der Waals surface area contributed by atoms with Gasteiger partial charge in [-0.05, 0) is 39.0 Å². The maximum absolute atomic E-state index is 12.9. The summed E-state index contributed by atoms with van der Waals surface area (Å²) in [5.74, 6) is -0.646. The lowest BCUT2D eigenvalue weighted by atomic mass is 9.49. The van der Waals surface area contributed by atoms with Crippen molar-refractivity contribution >= 4 is 5.97 Å². The molecule has 5 rings (SSSR count). The molecule has 7 nitrogen and oxygen atoms in total. The van der Waals surface area contributed by atoms with E-state index in [1.54, 1.807) is 7.11 Å². The van der Waals surface area contributed by atoms with Crippen LogP contribution in [0.4, 0.5) is 0 Å². The molecule has 0 aromatic rings. The first-order chi connectivity index (χ1) is 14.2. The lowest BCUT2D eigenvalue weighted by Crippen LogP contribution is -2.69. The Bertz CT molecular complexity index is 685. The molecule has 1 spiro atoms. The molecule has 7 heteroatoms. The van der Waals surface area contributed by atoms with Crippen molar-refractivity contribution in [3.05, 3.63) is 0 Å². The Hall–Kier alpha value is -0.730. The minimum atomic E-state index is -0.947. The molecule has 3 heterocycles. The van der Waals surface area contributed by atoms with Gasteiger partial charge in [-0.15, -0.1) is 0 Å². The zero-order valence-corrected chi connectivity index (χ0v) is 18.7. The van der Waals surface area contributed by atoms with Gasteiger partial charge in [0.05, 0.1) is 30.3 Å². The normalized spacial score (nSPS) is 48.4. The van der Waals surface area contributed by atoms with Gasteiger partial charge in [0.1, 0.15) is 6.10 Å². The number of likely N-dealkylation sites (tertiary alicyclic amines) is 1. The molecule has 5 fully saturated rings. The number of carbonyl (C=O) groups is 1. The van der Waals surface area contributed by atoms with Crippen molar-refractivity contribution in [3.8, 4) is 0 Å². The Morgan fingerprint density at radius 3 is 2.47 bits per heavy atom. The van der Waals surface area contributed by atoms with E-state index in [0.29, 0.717) is 26.2 Å². The van der Waals surface area contributed by atoms with Crippen molar-refractivity contribution in [2.24, 2.45) is 17.3 Å². The molecule has 3 saturated heterocycles. The van der Waals surface area contributed by atoms with Crippen LogP contribution in [0.5, 0.6) is 0 Å². The average Bonchev–Trinajstić information content (AvgIpc) is 3.28. The maximum Gasteiger partial charge on any atom is 0.310 e. The number of aliphatic hydroxyl groups is 1. The van der Waals surface area contributed by atoms with Crippen LogP contribution in [0.2, 0.25) is 0 Å². The fourth-order valence-electron chi connectivity index (χ4n) is 7.23. The number of hydrogen-bond acceptors (Lipinski definition) is 7. The lowest BCUT2D eigenvalue weighted by molar-refractivity contribution is -0.270. The highest BCUT2D eigenvalue weighted by atomic mass is 16.7. The SMILES string of the molecule is CO[C@]1(C)CCC[C@]2(C)C[C@H]3OC(=O)[C@H](CN4CCC5(CC4)OCCO5)[C@H]3CC21O. The second kappa shape index (κ2) is 7.14. The molecule has 0 aromatic heterocycles. The molecular weight excluding hydrogens is 386 g/mol. The second-order valence-electron chi connectivity index (χ2n) is 10.8. The van der Waals surface area contributed by atoms with Crippen LogP contribution in [0.15, 0.2) is 0 Å².